The standard InChI is InChI=1S/C11H25N3O2/c1-11(2,6-8-15)9-13-7-4-3-5-10(12)14-16/h13,15-16H,3-9H2,1-2H3,(H2,12,14). The van der Waals surface area contributed by atoms with E-state index in [4.69, 9.17) is 16.0 Å². The molecule has 0 aromatic heterocycles. The Hall–Kier alpha value is -0.810. The zero-order chi connectivity index (χ0) is 12.4. The minimum absolute atomic E-state index is 0.139. The quantitative estimate of drug-likeness (QED) is 0.156. The van der Waals surface area contributed by atoms with Gasteiger partial charge in [-0.05, 0) is 31.2 Å². The molecule has 0 fully saturated rings. The van der Waals surface area contributed by atoms with E-state index in [0.717, 1.165) is 32.4 Å². The van der Waals surface area contributed by atoms with Crippen LogP contribution >= 0.6 is 0 Å². The zero-order valence-electron chi connectivity index (χ0n) is 10.4. The highest BCUT2D eigenvalue weighted by Crippen LogP contribution is 2.17. The first-order chi connectivity index (χ1) is 7.52. The number of nitrogens with two attached hydrogens (primary N) is 1. The van der Waals surface area contributed by atoms with Crippen LogP contribution in [0.5, 0.6) is 0 Å². The van der Waals surface area contributed by atoms with Crippen LogP contribution in [0.2, 0.25) is 0 Å². The Morgan fingerprint density at radius 2 is 2.06 bits per heavy atom. The molecule has 5 heteroatoms. The van der Waals surface area contributed by atoms with Crippen LogP contribution in [0.4, 0.5) is 0 Å². The normalized spacial score (nSPS) is 13.1. The van der Waals surface area contributed by atoms with E-state index in [1.54, 1.807) is 0 Å². The summed E-state index contributed by atoms with van der Waals surface area (Å²) >= 11 is 0. The lowest BCUT2D eigenvalue weighted by molar-refractivity contribution is 0.207. The number of nitrogens with zero attached hydrogens (tertiary/aromatic N) is 1. The first kappa shape index (κ1) is 15.2. The van der Waals surface area contributed by atoms with E-state index >= 15 is 0 Å². The van der Waals surface area contributed by atoms with Crippen LogP contribution < -0.4 is 11.1 Å². The van der Waals surface area contributed by atoms with Gasteiger partial charge in [0.25, 0.3) is 0 Å². The SMILES string of the molecule is CC(C)(CCO)CNCCCCC(N)=NO. The number of amidine groups is 1. The van der Waals surface area contributed by atoms with Crippen LogP contribution in [0.15, 0.2) is 5.16 Å². The van der Waals surface area contributed by atoms with Crippen LogP contribution in [0, 0.1) is 5.41 Å². The zero-order valence-corrected chi connectivity index (χ0v) is 10.4. The Morgan fingerprint density at radius 1 is 1.38 bits per heavy atom. The van der Waals surface area contributed by atoms with Gasteiger partial charge in [-0.15, -0.1) is 0 Å². The van der Waals surface area contributed by atoms with Crippen molar-refractivity contribution in [3.05, 3.63) is 0 Å². The van der Waals surface area contributed by atoms with Crippen LogP contribution in [0.25, 0.3) is 0 Å². The molecule has 16 heavy (non-hydrogen) atoms. The highest BCUT2D eigenvalue weighted by Gasteiger charge is 2.15. The van der Waals surface area contributed by atoms with Gasteiger partial charge in [-0.25, -0.2) is 0 Å². The summed E-state index contributed by atoms with van der Waals surface area (Å²) in [6.07, 6.45) is 3.37. The number of unbranched alkanes of at least 4 members (excludes halogenated alkanes) is 1. The van der Waals surface area contributed by atoms with Crippen molar-refractivity contribution in [3.63, 3.8) is 0 Å². The molecule has 0 aromatic rings. The van der Waals surface area contributed by atoms with Crippen molar-refractivity contribution in [2.45, 2.75) is 39.5 Å². The number of hydrogen-bond acceptors (Lipinski definition) is 4. The molecule has 0 heterocycles. The molecule has 0 rings (SSSR count). The molecule has 96 valence electrons. The third-order valence-corrected chi connectivity index (χ3v) is 2.56. The van der Waals surface area contributed by atoms with Crippen molar-refractivity contribution in [1.29, 1.82) is 0 Å². The minimum Gasteiger partial charge on any atom is -0.409 e. The van der Waals surface area contributed by atoms with E-state index in [1.165, 1.54) is 0 Å². The number of nitrogens with one attached hydrogen (secondary N) is 1. The average molecular weight is 231 g/mol. The van der Waals surface area contributed by atoms with Gasteiger partial charge < -0.3 is 21.4 Å². The molecule has 0 aliphatic rings. The summed E-state index contributed by atoms with van der Waals surface area (Å²) in [7, 11) is 0. The summed E-state index contributed by atoms with van der Waals surface area (Å²) < 4.78 is 0. The molecule has 0 aromatic carbocycles. The van der Waals surface area contributed by atoms with Gasteiger partial charge in [-0.1, -0.05) is 19.0 Å². The topological polar surface area (TPSA) is 90.9 Å². The lowest BCUT2D eigenvalue weighted by atomic mass is 9.90. The number of oxime groups is 1. The molecule has 0 amide bonds. The van der Waals surface area contributed by atoms with E-state index in [0.29, 0.717) is 12.3 Å². The number of aliphatic hydroxyl groups is 1. The van der Waals surface area contributed by atoms with Crippen molar-refractivity contribution in [2.24, 2.45) is 16.3 Å². The second kappa shape index (κ2) is 8.35. The van der Waals surface area contributed by atoms with Gasteiger partial charge in [0.05, 0.1) is 0 Å². The van der Waals surface area contributed by atoms with E-state index < -0.39 is 0 Å². The van der Waals surface area contributed by atoms with E-state index in [2.05, 4.69) is 24.3 Å². The molecule has 0 aliphatic carbocycles. The van der Waals surface area contributed by atoms with Crippen LogP contribution in [-0.4, -0.2) is 35.8 Å². The lowest BCUT2D eigenvalue weighted by Crippen LogP contribution is -2.30. The molecular weight excluding hydrogens is 206 g/mol. The van der Waals surface area contributed by atoms with Crippen LogP contribution in [0.1, 0.15) is 39.5 Å². The Kier molecular flexibility index (Phi) is 7.93. The predicted molar refractivity (Wildman–Crippen MR) is 65.6 cm³/mol. The maximum Gasteiger partial charge on any atom is 0.139 e. The lowest BCUT2D eigenvalue weighted by Gasteiger charge is -2.23. The summed E-state index contributed by atoms with van der Waals surface area (Å²) in [5, 5.41) is 23.4. The van der Waals surface area contributed by atoms with Gasteiger partial charge in [0.15, 0.2) is 0 Å². The summed E-state index contributed by atoms with van der Waals surface area (Å²) in [6, 6.07) is 0. The van der Waals surface area contributed by atoms with Crippen LogP contribution in [0.3, 0.4) is 0 Å². The molecule has 0 unspecified atom stereocenters. The number of hydrogen-bond donors (Lipinski definition) is 4. The van der Waals surface area contributed by atoms with Crippen molar-refractivity contribution in [2.75, 3.05) is 19.7 Å². The highest BCUT2D eigenvalue weighted by atomic mass is 16.4. The third kappa shape index (κ3) is 8.49. The molecule has 0 saturated heterocycles. The van der Waals surface area contributed by atoms with Gasteiger partial charge >= 0.3 is 0 Å². The predicted octanol–water partition coefficient (Wildman–Crippen LogP) is 0.901. The summed E-state index contributed by atoms with van der Waals surface area (Å²) in [6.45, 7) is 6.32. The molecule has 5 N–H and O–H groups in total. The Bertz CT molecular complexity index is 205. The Labute approximate surface area is 97.7 Å². The van der Waals surface area contributed by atoms with E-state index in [1.807, 2.05) is 0 Å². The van der Waals surface area contributed by atoms with Crippen molar-refractivity contribution in [3.8, 4) is 0 Å². The molecule has 0 atom stereocenters. The van der Waals surface area contributed by atoms with Crippen LogP contribution in [-0.2, 0) is 0 Å². The molecule has 5 nitrogen and oxygen atoms in total. The second-order valence-corrected chi connectivity index (χ2v) is 4.86. The molecule has 0 aliphatic heterocycles. The number of rotatable bonds is 9. The minimum atomic E-state index is 0.139. The molecule has 0 radical (unpaired) electrons. The monoisotopic (exact) mass is 231 g/mol. The second-order valence-electron chi connectivity index (χ2n) is 4.86. The van der Waals surface area contributed by atoms with Crippen molar-refractivity contribution in [1.82, 2.24) is 5.32 Å². The maximum absolute atomic E-state index is 8.85. The number of aliphatic hydroxyl groups excluding tert-OH is 1. The largest absolute Gasteiger partial charge is 0.409 e. The maximum atomic E-state index is 8.85. The molecule has 0 saturated carbocycles. The summed E-state index contributed by atoms with van der Waals surface area (Å²) in [5.41, 5.74) is 5.49. The highest BCUT2D eigenvalue weighted by molar-refractivity contribution is 5.79. The molecular formula is C11H25N3O2. The van der Waals surface area contributed by atoms with Gasteiger partial charge in [0, 0.05) is 19.6 Å². The molecule has 0 bridgehead atoms. The molecule has 0 spiro atoms. The fraction of sp³-hybridized carbons (Fsp3) is 0.909. The fourth-order valence-electron chi connectivity index (χ4n) is 1.42. The van der Waals surface area contributed by atoms with Gasteiger partial charge in [-0.3, -0.25) is 0 Å². The van der Waals surface area contributed by atoms with E-state index in [-0.39, 0.29) is 12.0 Å². The van der Waals surface area contributed by atoms with Gasteiger partial charge in [0.1, 0.15) is 5.84 Å². The van der Waals surface area contributed by atoms with Gasteiger partial charge in [-0.2, -0.15) is 0 Å². The first-order valence-corrected chi connectivity index (χ1v) is 5.80. The smallest absolute Gasteiger partial charge is 0.139 e. The Balaban J connectivity index is 3.40. The Morgan fingerprint density at radius 3 is 2.62 bits per heavy atom. The fourth-order valence-corrected chi connectivity index (χ4v) is 1.42. The van der Waals surface area contributed by atoms with Gasteiger partial charge in [0.2, 0.25) is 0 Å². The summed E-state index contributed by atoms with van der Waals surface area (Å²) in [5.74, 6) is 0.292. The average Bonchev–Trinajstić information content (AvgIpc) is 2.22. The van der Waals surface area contributed by atoms with Crippen molar-refractivity contribution >= 4 is 5.84 Å². The summed E-state index contributed by atoms with van der Waals surface area (Å²) in [4.78, 5) is 0. The third-order valence-electron chi connectivity index (χ3n) is 2.56. The van der Waals surface area contributed by atoms with E-state index in [9.17, 15) is 0 Å². The first-order valence-electron chi connectivity index (χ1n) is 5.80. The van der Waals surface area contributed by atoms with Crippen molar-refractivity contribution < 1.29 is 10.3 Å².